The van der Waals surface area contributed by atoms with E-state index in [0.717, 1.165) is 33.5 Å². The molecule has 0 saturated heterocycles. The van der Waals surface area contributed by atoms with Crippen molar-refractivity contribution in [2.75, 3.05) is 25.3 Å². The van der Waals surface area contributed by atoms with Gasteiger partial charge in [0.15, 0.2) is 5.16 Å². The van der Waals surface area contributed by atoms with Crippen LogP contribution in [0.4, 0.5) is 10.2 Å². The lowest BCUT2D eigenvalue weighted by Gasteiger charge is -2.16. The molecule has 1 N–H and O–H groups in total. The second-order valence-electron chi connectivity index (χ2n) is 7.65. The van der Waals surface area contributed by atoms with Crippen LogP contribution in [-0.4, -0.2) is 34.5 Å². The molecule has 0 aliphatic rings. The summed E-state index contributed by atoms with van der Waals surface area (Å²) in [6, 6.07) is 20.9. The summed E-state index contributed by atoms with van der Waals surface area (Å²) < 4.78 is 21.1. The molecule has 0 radical (unpaired) electrons. The van der Waals surface area contributed by atoms with Gasteiger partial charge in [0, 0.05) is 37.0 Å². The van der Waals surface area contributed by atoms with E-state index in [2.05, 4.69) is 33.9 Å². The highest BCUT2D eigenvalue weighted by atomic mass is 32.2. The molecule has 0 fully saturated rings. The molecule has 2 aromatic carbocycles. The van der Waals surface area contributed by atoms with E-state index in [1.165, 1.54) is 17.7 Å². The molecule has 2 aromatic heterocycles. The highest BCUT2D eigenvalue weighted by Crippen LogP contribution is 2.36. The fourth-order valence-electron chi connectivity index (χ4n) is 3.78. The van der Waals surface area contributed by atoms with Gasteiger partial charge in [-0.2, -0.15) is 0 Å². The molecule has 2 heterocycles. The summed E-state index contributed by atoms with van der Waals surface area (Å²) in [6.45, 7) is 3.32. The van der Waals surface area contributed by atoms with Crippen LogP contribution in [0, 0.1) is 5.82 Å². The monoisotopic (exact) mass is 462 g/mol. The summed E-state index contributed by atoms with van der Waals surface area (Å²) in [5.41, 5.74) is 4.80. The maximum Gasteiger partial charge on any atom is 0.168 e. The number of methoxy groups -OCH3 is 1. The molecule has 7 heteroatoms. The zero-order valence-electron chi connectivity index (χ0n) is 19.0. The van der Waals surface area contributed by atoms with Gasteiger partial charge in [-0.25, -0.2) is 14.4 Å². The fourth-order valence-corrected chi connectivity index (χ4v) is 4.37. The Morgan fingerprint density at radius 1 is 1.06 bits per heavy atom. The molecule has 4 rings (SSSR count). The summed E-state index contributed by atoms with van der Waals surface area (Å²) in [5.74, 6) is 0.508. The number of thioether (sulfide) groups is 1. The Kier molecular flexibility index (Phi) is 7.42. The van der Waals surface area contributed by atoms with Crippen molar-refractivity contribution in [3.8, 4) is 22.5 Å². The Hall–Kier alpha value is -3.16. The average Bonchev–Trinajstić information content (AvgIpc) is 3.22. The Morgan fingerprint density at radius 2 is 1.82 bits per heavy atom. The third-order valence-electron chi connectivity index (χ3n) is 5.45. The first-order chi connectivity index (χ1) is 16.1. The van der Waals surface area contributed by atoms with Gasteiger partial charge < -0.3 is 14.6 Å². The number of hydrogen-bond donors (Lipinski definition) is 1. The van der Waals surface area contributed by atoms with Gasteiger partial charge in [-0.05, 0) is 55.1 Å². The number of nitrogens with zero attached hydrogens (tertiary/aromatic N) is 3. The zero-order valence-corrected chi connectivity index (χ0v) is 19.8. The maximum absolute atomic E-state index is 13.6. The number of imidazole rings is 1. The molecular weight excluding hydrogens is 435 g/mol. The van der Waals surface area contributed by atoms with E-state index in [1.54, 1.807) is 37.2 Å². The number of pyridine rings is 1. The molecule has 33 heavy (non-hydrogen) atoms. The van der Waals surface area contributed by atoms with E-state index in [-0.39, 0.29) is 11.9 Å². The lowest BCUT2D eigenvalue weighted by atomic mass is 10.0. The minimum Gasteiger partial charge on any atom is -0.383 e. The van der Waals surface area contributed by atoms with Crippen molar-refractivity contribution in [3.05, 3.63) is 84.3 Å². The standard InChI is InChI=1S/C26H27FN4OS/c1-18(19-7-5-4-6-8-19)29-23-17-21(13-14-28-23)25-24(20-9-11-22(27)12-10-20)30-26(33-3)31(25)15-16-32-2/h4-14,17-18H,15-16H2,1-3H3,(H,28,29)/t18-/m1/s1. The first-order valence-corrected chi connectivity index (χ1v) is 12.0. The number of halogens is 1. The summed E-state index contributed by atoms with van der Waals surface area (Å²) in [5, 5.41) is 4.38. The van der Waals surface area contributed by atoms with Gasteiger partial charge in [-0.1, -0.05) is 42.1 Å². The van der Waals surface area contributed by atoms with Crippen molar-refractivity contribution in [1.29, 1.82) is 0 Å². The quantitative estimate of drug-likeness (QED) is 0.296. The third-order valence-corrected chi connectivity index (χ3v) is 6.13. The van der Waals surface area contributed by atoms with Crippen LogP contribution in [0.1, 0.15) is 18.5 Å². The summed E-state index contributed by atoms with van der Waals surface area (Å²) >= 11 is 1.58. The number of anilines is 1. The predicted molar refractivity (Wildman–Crippen MR) is 133 cm³/mol. The molecular formula is C26H27FN4OS. The second kappa shape index (κ2) is 10.6. The number of nitrogens with one attached hydrogen (secondary N) is 1. The fraction of sp³-hybridized carbons (Fsp3) is 0.231. The minimum atomic E-state index is -0.269. The van der Waals surface area contributed by atoms with Gasteiger partial charge in [0.25, 0.3) is 0 Å². The Balaban J connectivity index is 1.77. The van der Waals surface area contributed by atoms with E-state index in [0.29, 0.717) is 13.2 Å². The van der Waals surface area contributed by atoms with Crippen LogP contribution < -0.4 is 5.32 Å². The largest absolute Gasteiger partial charge is 0.383 e. The molecule has 0 bridgehead atoms. The van der Waals surface area contributed by atoms with Crippen molar-refractivity contribution in [2.24, 2.45) is 0 Å². The Morgan fingerprint density at radius 3 is 2.52 bits per heavy atom. The first-order valence-electron chi connectivity index (χ1n) is 10.8. The van der Waals surface area contributed by atoms with E-state index < -0.39 is 0 Å². The highest BCUT2D eigenvalue weighted by Gasteiger charge is 2.20. The van der Waals surface area contributed by atoms with Gasteiger partial charge in [0.1, 0.15) is 11.6 Å². The molecule has 5 nitrogen and oxygen atoms in total. The van der Waals surface area contributed by atoms with Gasteiger partial charge >= 0.3 is 0 Å². The molecule has 4 aromatic rings. The zero-order chi connectivity index (χ0) is 23.2. The number of rotatable bonds is 9. The first kappa shape index (κ1) is 23.0. The van der Waals surface area contributed by atoms with Gasteiger partial charge in [-0.3, -0.25) is 0 Å². The molecule has 0 saturated carbocycles. The maximum atomic E-state index is 13.6. The van der Waals surface area contributed by atoms with Crippen LogP contribution in [0.3, 0.4) is 0 Å². The van der Waals surface area contributed by atoms with Crippen LogP contribution in [0.2, 0.25) is 0 Å². The SMILES string of the molecule is COCCn1c(SC)nc(-c2ccc(F)cc2)c1-c1ccnc(N[C@H](C)c2ccccc2)c1. The van der Waals surface area contributed by atoms with Gasteiger partial charge in [-0.15, -0.1) is 0 Å². The number of hydrogen-bond acceptors (Lipinski definition) is 5. The van der Waals surface area contributed by atoms with Gasteiger partial charge in [0.05, 0.1) is 18.0 Å². The summed E-state index contributed by atoms with van der Waals surface area (Å²) in [7, 11) is 1.69. The van der Waals surface area contributed by atoms with Crippen LogP contribution in [0.25, 0.3) is 22.5 Å². The molecule has 1 atom stereocenters. The van der Waals surface area contributed by atoms with Crippen molar-refractivity contribution in [1.82, 2.24) is 14.5 Å². The Bertz CT molecular complexity index is 1190. The van der Waals surface area contributed by atoms with Crippen molar-refractivity contribution < 1.29 is 9.13 Å². The topological polar surface area (TPSA) is 52.0 Å². The summed E-state index contributed by atoms with van der Waals surface area (Å²) in [6.07, 6.45) is 3.81. The normalized spacial score (nSPS) is 12.0. The van der Waals surface area contributed by atoms with E-state index in [1.807, 2.05) is 36.6 Å². The molecule has 0 aliphatic heterocycles. The highest BCUT2D eigenvalue weighted by molar-refractivity contribution is 7.98. The molecule has 0 spiro atoms. The molecule has 170 valence electrons. The van der Waals surface area contributed by atoms with Crippen molar-refractivity contribution in [3.63, 3.8) is 0 Å². The number of aromatic nitrogens is 3. The molecule has 0 amide bonds. The summed E-state index contributed by atoms with van der Waals surface area (Å²) in [4.78, 5) is 9.45. The smallest absolute Gasteiger partial charge is 0.168 e. The van der Waals surface area contributed by atoms with Crippen LogP contribution in [-0.2, 0) is 11.3 Å². The van der Waals surface area contributed by atoms with Crippen LogP contribution in [0.5, 0.6) is 0 Å². The Labute approximate surface area is 198 Å². The minimum absolute atomic E-state index is 0.102. The van der Waals surface area contributed by atoms with Crippen molar-refractivity contribution >= 4 is 17.6 Å². The molecule has 0 unspecified atom stereocenters. The van der Waals surface area contributed by atoms with Gasteiger partial charge in [0.2, 0.25) is 0 Å². The number of benzene rings is 2. The van der Waals surface area contributed by atoms with Crippen LogP contribution in [0.15, 0.2) is 78.1 Å². The lowest BCUT2D eigenvalue weighted by Crippen LogP contribution is -2.09. The lowest BCUT2D eigenvalue weighted by molar-refractivity contribution is 0.185. The average molecular weight is 463 g/mol. The predicted octanol–water partition coefficient (Wildman–Crippen LogP) is 6.29. The van der Waals surface area contributed by atoms with E-state index in [9.17, 15) is 4.39 Å². The van der Waals surface area contributed by atoms with Crippen molar-refractivity contribution in [2.45, 2.75) is 24.7 Å². The molecule has 0 aliphatic carbocycles. The van der Waals surface area contributed by atoms with E-state index >= 15 is 0 Å². The third kappa shape index (κ3) is 5.26. The van der Waals surface area contributed by atoms with Crippen LogP contribution >= 0.6 is 11.8 Å². The number of ether oxygens (including phenoxy) is 1. The van der Waals surface area contributed by atoms with E-state index in [4.69, 9.17) is 9.72 Å². The second-order valence-corrected chi connectivity index (χ2v) is 8.43.